The summed E-state index contributed by atoms with van der Waals surface area (Å²) in [6.45, 7) is 4.22. The zero-order valence-electron chi connectivity index (χ0n) is 14.9. The van der Waals surface area contributed by atoms with E-state index in [2.05, 4.69) is 22.4 Å². The van der Waals surface area contributed by atoms with Crippen LogP contribution in [-0.2, 0) is 22.5 Å². The Balaban J connectivity index is 1.96. The van der Waals surface area contributed by atoms with Gasteiger partial charge in [0.1, 0.15) is 17.9 Å². The summed E-state index contributed by atoms with van der Waals surface area (Å²) in [5, 5.41) is 7.05. The van der Waals surface area contributed by atoms with Gasteiger partial charge in [0.05, 0.1) is 13.7 Å². The molecule has 2 aromatic rings. The SMILES string of the molecule is CCCCc1nc(CN[C@@](C)(COc2ccccc2)C(=O)OC)no1. The Morgan fingerprint density at radius 3 is 2.76 bits per heavy atom. The molecule has 0 saturated carbocycles. The Morgan fingerprint density at radius 2 is 2.08 bits per heavy atom. The minimum Gasteiger partial charge on any atom is -0.491 e. The molecular weight excluding hydrogens is 322 g/mol. The molecule has 1 N–H and O–H groups in total. The van der Waals surface area contributed by atoms with Gasteiger partial charge in [-0.2, -0.15) is 4.98 Å². The summed E-state index contributed by atoms with van der Waals surface area (Å²) < 4.78 is 15.8. The third kappa shape index (κ3) is 5.56. The Labute approximate surface area is 147 Å². The highest BCUT2D eigenvalue weighted by Gasteiger charge is 2.35. The lowest BCUT2D eigenvalue weighted by atomic mass is 10.0. The molecule has 0 saturated heterocycles. The van der Waals surface area contributed by atoms with Gasteiger partial charge < -0.3 is 14.0 Å². The number of ether oxygens (including phenoxy) is 2. The van der Waals surface area contributed by atoms with Crippen LogP contribution in [0.2, 0.25) is 0 Å². The van der Waals surface area contributed by atoms with Gasteiger partial charge in [0.25, 0.3) is 0 Å². The minimum absolute atomic E-state index is 0.115. The predicted octanol–water partition coefficient (Wildman–Crippen LogP) is 2.51. The van der Waals surface area contributed by atoms with Crippen molar-refractivity contribution in [2.24, 2.45) is 0 Å². The number of nitrogens with zero attached hydrogens (tertiary/aromatic N) is 2. The molecular formula is C18H25N3O4. The lowest BCUT2D eigenvalue weighted by Gasteiger charge is -2.27. The van der Waals surface area contributed by atoms with Crippen molar-refractivity contribution in [3.8, 4) is 5.75 Å². The van der Waals surface area contributed by atoms with Crippen molar-refractivity contribution in [1.29, 1.82) is 0 Å². The maximum atomic E-state index is 12.2. The first kappa shape index (κ1) is 18.9. The molecule has 1 aromatic heterocycles. The van der Waals surface area contributed by atoms with Crippen LogP contribution in [0.25, 0.3) is 0 Å². The average Bonchev–Trinajstić information content (AvgIpc) is 3.11. The molecule has 1 heterocycles. The molecule has 25 heavy (non-hydrogen) atoms. The summed E-state index contributed by atoms with van der Waals surface area (Å²) in [6, 6.07) is 9.30. The van der Waals surface area contributed by atoms with Gasteiger partial charge in [-0.1, -0.05) is 36.7 Å². The van der Waals surface area contributed by atoms with Gasteiger partial charge in [-0.15, -0.1) is 0 Å². The first-order chi connectivity index (χ1) is 12.1. The lowest BCUT2D eigenvalue weighted by Crippen LogP contribution is -2.54. The highest BCUT2D eigenvalue weighted by molar-refractivity contribution is 5.80. The Morgan fingerprint density at radius 1 is 1.32 bits per heavy atom. The van der Waals surface area contributed by atoms with Crippen LogP contribution in [0, 0.1) is 0 Å². The van der Waals surface area contributed by atoms with Crippen LogP contribution < -0.4 is 10.1 Å². The molecule has 136 valence electrons. The standard InChI is InChI=1S/C18H25N3O4/c1-4-5-11-16-20-15(21-25-16)12-19-18(2,17(22)23-3)13-24-14-9-7-6-8-10-14/h6-10,19H,4-5,11-13H2,1-3H3/t18-/m0/s1. The number of esters is 1. The van der Waals surface area contributed by atoms with E-state index in [-0.39, 0.29) is 13.2 Å². The summed E-state index contributed by atoms with van der Waals surface area (Å²) in [5.41, 5.74) is -1.03. The van der Waals surface area contributed by atoms with Gasteiger partial charge in [0.15, 0.2) is 5.82 Å². The Hall–Kier alpha value is -2.41. The first-order valence-corrected chi connectivity index (χ1v) is 8.40. The summed E-state index contributed by atoms with van der Waals surface area (Å²) in [4.78, 5) is 16.5. The van der Waals surface area contributed by atoms with E-state index >= 15 is 0 Å². The molecule has 1 atom stereocenters. The third-order valence-corrected chi connectivity index (χ3v) is 3.80. The van der Waals surface area contributed by atoms with Crippen molar-refractivity contribution in [2.45, 2.75) is 45.2 Å². The molecule has 0 unspecified atom stereocenters. The van der Waals surface area contributed by atoms with Crippen molar-refractivity contribution in [3.05, 3.63) is 42.0 Å². The number of benzene rings is 1. The van der Waals surface area contributed by atoms with Gasteiger partial charge in [0, 0.05) is 6.42 Å². The maximum Gasteiger partial charge on any atom is 0.329 e. The van der Waals surface area contributed by atoms with Gasteiger partial charge in [-0.3, -0.25) is 5.32 Å². The van der Waals surface area contributed by atoms with E-state index in [1.54, 1.807) is 6.92 Å². The summed E-state index contributed by atoms with van der Waals surface area (Å²) in [6.07, 6.45) is 2.82. The van der Waals surface area contributed by atoms with E-state index in [0.29, 0.717) is 17.5 Å². The van der Waals surface area contributed by atoms with E-state index in [1.807, 2.05) is 30.3 Å². The smallest absolute Gasteiger partial charge is 0.329 e. The monoisotopic (exact) mass is 347 g/mol. The number of nitrogens with one attached hydrogen (secondary N) is 1. The summed E-state index contributed by atoms with van der Waals surface area (Å²) in [7, 11) is 1.35. The second kappa shape index (κ2) is 9.17. The third-order valence-electron chi connectivity index (χ3n) is 3.80. The Kier molecular flexibility index (Phi) is 6.94. The van der Waals surface area contributed by atoms with Crippen molar-refractivity contribution < 1.29 is 18.8 Å². The van der Waals surface area contributed by atoms with Gasteiger partial charge in [0.2, 0.25) is 5.89 Å². The Bertz CT molecular complexity index is 659. The number of aromatic nitrogens is 2. The fourth-order valence-electron chi connectivity index (χ4n) is 2.22. The van der Waals surface area contributed by atoms with Crippen molar-refractivity contribution in [2.75, 3.05) is 13.7 Å². The van der Waals surface area contributed by atoms with E-state index in [0.717, 1.165) is 19.3 Å². The average molecular weight is 347 g/mol. The van der Waals surface area contributed by atoms with E-state index in [9.17, 15) is 4.79 Å². The molecule has 0 aliphatic heterocycles. The number of carbonyl (C=O) groups is 1. The molecule has 0 bridgehead atoms. The second-order valence-electron chi connectivity index (χ2n) is 5.99. The second-order valence-corrected chi connectivity index (χ2v) is 5.99. The molecule has 0 spiro atoms. The summed E-state index contributed by atoms with van der Waals surface area (Å²) in [5.74, 6) is 1.37. The van der Waals surface area contributed by atoms with E-state index < -0.39 is 11.5 Å². The molecule has 1 aromatic carbocycles. The topological polar surface area (TPSA) is 86.5 Å². The molecule has 7 heteroatoms. The zero-order valence-corrected chi connectivity index (χ0v) is 14.9. The zero-order chi connectivity index (χ0) is 18.1. The highest BCUT2D eigenvalue weighted by Crippen LogP contribution is 2.14. The quantitative estimate of drug-likeness (QED) is 0.661. The van der Waals surface area contributed by atoms with Crippen LogP contribution in [0.5, 0.6) is 5.75 Å². The fraction of sp³-hybridized carbons (Fsp3) is 0.500. The first-order valence-electron chi connectivity index (χ1n) is 8.40. The van der Waals surface area contributed by atoms with E-state index in [1.165, 1.54) is 7.11 Å². The number of aryl methyl sites for hydroxylation is 1. The summed E-state index contributed by atoms with van der Waals surface area (Å²) >= 11 is 0. The minimum atomic E-state index is -1.03. The molecule has 0 aliphatic rings. The molecule has 2 rings (SSSR count). The molecule has 0 amide bonds. The van der Waals surface area contributed by atoms with Crippen LogP contribution in [0.3, 0.4) is 0 Å². The number of para-hydroxylation sites is 1. The fourth-order valence-corrected chi connectivity index (χ4v) is 2.22. The molecule has 0 radical (unpaired) electrons. The van der Waals surface area contributed by atoms with Crippen LogP contribution in [0.1, 0.15) is 38.4 Å². The number of methoxy groups -OCH3 is 1. The van der Waals surface area contributed by atoms with Gasteiger partial charge >= 0.3 is 5.97 Å². The number of hydrogen-bond donors (Lipinski definition) is 1. The van der Waals surface area contributed by atoms with E-state index in [4.69, 9.17) is 14.0 Å². The number of rotatable bonds is 10. The van der Waals surface area contributed by atoms with Crippen molar-refractivity contribution in [1.82, 2.24) is 15.5 Å². The number of unbranched alkanes of at least 4 members (excludes halogenated alkanes) is 1. The van der Waals surface area contributed by atoms with Crippen LogP contribution >= 0.6 is 0 Å². The maximum absolute atomic E-state index is 12.2. The highest BCUT2D eigenvalue weighted by atomic mass is 16.5. The van der Waals surface area contributed by atoms with Gasteiger partial charge in [-0.05, 0) is 25.5 Å². The number of hydrogen-bond acceptors (Lipinski definition) is 7. The molecule has 0 aliphatic carbocycles. The lowest BCUT2D eigenvalue weighted by molar-refractivity contribution is -0.149. The van der Waals surface area contributed by atoms with Crippen LogP contribution in [0.4, 0.5) is 0 Å². The molecule has 0 fully saturated rings. The van der Waals surface area contributed by atoms with Crippen molar-refractivity contribution >= 4 is 5.97 Å². The van der Waals surface area contributed by atoms with Crippen LogP contribution in [0.15, 0.2) is 34.9 Å². The van der Waals surface area contributed by atoms with Gasteiger partial charge in [-0.25, -0.2) is 4.79 Å². The largest absolute Gasteiger partial charge is 0.491 e. The van der Waals surface area contributed by atoms with Crippen LogP contribution in [-0.4, -0.2) is 35.4 Å². The van der Waals surface area contributed by atoms with Crippen molar-refractivity contribution in [3.63, 3.8) is 0 Å². The normalized spacial score (nSPS) is 13.2. The predicted molar refractivity (Wildman–Crippen MR) is 92.1 cm³/mol. The molecule has 7 nitrogen and oxygen atoms in total. The number of carbonyl (C=O) groups excluding carboxylic acids is 1.